The maximum absolute atomic E-state index is 13.0. The second-order valence-corrected chi connectivity index (χ2v) is 7.48. The second kappa shape index (κ2) is 8.41. The van der Waals surface area contributed by atoms with Gasteiger partial charge in [0.15, 0.2) is 0 Å². The molecule has 2 amide bonds. The van der Waals surface area contributed by atoms with Crippen molar-refractivity contribution in [3.63, 3.8) is 0 Å². The van der Waals surface area contributed by atoms with E-state index in [-0.39, 0.29) is 12.1 Å². The third-order valence-electron chi connectivity index (χ3n) is 5.24. The van der Waals surface area contributed by atoms with Crippen LogP contribution in [-0.2, 0) is 6.54 Å². The molecular weight excluding hydrogens is 340 g/mol. The molecule has 1 aliphatic rings. The lowest BCUT2D eigenvalue weighted by Crippen LogP contribution is -2.42. The number of pyridine rings is 1. The van der Waals surface area contributed by atoms with Gasteiger partial charge in [0.05, 0.1) is 11.7 Å². The van der Waals surface area contributed by atoms with E-state index in [0.717, 1.165) is 55.0 Å². The van der Waals surface area contributed by atoms with Crippen LogP contribution < -0.4 is 10.2 Å². The van der Waals surface area contributed by atoms with Crippen molar-refractivity contribution in [2.24, 2.45) is 0 Å². The van der Waals surface area contributed by atoms with Crippen LogP contribution in [0.5, 0.6) is 0 Å². The molecular formula is C20H30N6O. The molecule has 1 aliphatic heterocycles. The summed E-state index contributed by atoms with van der Waals surface area (Å²) in [6.07, 6.45) is 6.10. The van der Waals surface area contributed by atoms with Gasteiger partial charge in [-0.25, -0.2) is 9.78 Å². The predicted octanol–water partition coefficient (Wildman–Crippen LogP) is 3.31. The first kappa shape index (κ1) is 19.2. The molecule has 0 spiro atoms. The number of anilines is 1. The molecule has 1 saturated heterocycles. The number of aryl methyl sites for hydroxylation is 2. The van der Waals surface area contributed by atoms with E-state index in [1.165, 1.54) is 5.56 Å². The van der Waals surface area contributed by atoms with Crippen LogP contribution in [0.1, 0.15) is 54.2 Å². The van der Waals surface area contributed by atoms with Crippen molar-refractivity contribution in [1.82, 2.24) is 25.4 Å². The highest BCUT2D eigenvalue weighted by atomic mass is 16.2. The minimum absolute atomic E-state index is 0.00915. The van der Waals surface area contributed by atoms with Crippen molar-refractivity contribution in [3.05, 3.63) is 40.8 Å². The monoisotopic (exact) mass is 370 g/mol. The Morgan fingerprint density at radius 3 is 2.85 bits per heavy atom. The summed E-state index contributed by atoms with van der Waals surface area (Å²) in [5.41, 5.74) is 4.26. The summed E-state index contributed by atoms with van der Waals surface area (Å²) in [5.74, 6) is 0.888. The highest BCUT2D eigenvalue weighted by molar-refractivity contribution is 5.75. The van der Waals surface area contributed by atoms with E-state index in [4.69, 9.17) is 0 Å². The zero-order chi connectivity index (χ0) is 19.4. The lowest BCUT2D eigenvalue weighted by molar-refractivity contribution is 0.175. The van der Waals surface area contributed by atoms with E-state index in [9.17, 15) is 4.79 Å². The Balaban J connectivity index is 1.74. The summed E-state index contributed by atoms with van der Waals surface area (Å²) >= 11 is 0. The number of carbonyl (C=O) groups is 1. The zero-order valence-corrected chi connectivity index (χ0v) is 16.7. The van der Waals surface area contributed by atoms with Crippen LogP contribution in [-0.4, -0.2) is 46.8 Å². The number of amides is 2. The number of nitrogens with one attached hydrogen (secondary N) is 2. The van der Waals surface area contributed by atoms with Crippen molar-refractivity contribution >= 4 is 11.8 Å². The molecule has 2 aromatic rings. The van der Waals surface area contributed by atoms with Crippen LogP contribution in [0, 0.1) is 13.8 Å². The van der Waals surface area contributed by atoms with E-state index in [0.29, 0.717) is 6.54 Å². The predicted molar refractivity (Wildman–Crippen MR) is 107 cm³/mol. The summed E-state index contributed by atoms with van der Waals surface area (Å²) in [4.78, 5) is 21.3. The molecule has 146 valence electrons. The van der Waals surface area contributed by atoms with Gasteiger partial charge in [0.1, 0.15) is 5.82 Å². The van der Waals surface area contributed by atoms with Gasteiger partial charge < -0.3 is 15.1 Å². The van der Waals surface area contributed by atoms with Gasteiger partial charge in [-0.3, -0.25) is 5.10 Å². The molecule has 0 saturated carbocycles. The van der Waals surface area contributed by atoms with Gasteiger partial charge in [-0.05, 0) is 44.4 Å². The number of hydrogen-bond acceptors (Lipinski definition) is 4. The normalized spacial score (nSPS) is 17.5. The summed E-state index contributed by atoms with van der Waals surface area (Å²) in [5, 5.41) is 10.5. The molecule has 3 heterocycles. The van der Waals surface area contributed by atoms with Crippen molar-refractivity contribution < 1.29 is 4.79 Å². The van der Waals surface area contributed by atoms with Gasteiger partial charge in [0, 0.05) is 44.6 Å². The Hall–Kier alpha value is -2.57. The molecule has 0 radical (unpaired) electrons. The SMILES string of the molecule is Cc1n[nH]c(C)c1C1CCCCCN1C(=O)NCc1ccnc(N(C)C)c1. The lowest BCUT2D eigenvalue weighted by atomic mass is 9.99. The summed E-state index contributed by atoms with van der Waals surface area (Å²) in [7, 11) is 3.92. The number of aromatic amines is 1. The van der Waals surface area contributed by atoms with Gasteiger partial charge in [-0.1, -0.05) is 12.8 Å². The van der Waals surface area contributed by atoms with E-state index < -0.39 is 0 Å². The van der Waals surface area contributed by atoms with Crippen LogP contribution >= 0.6 is 0 Å². The number of likely N-dealkylation sites (tertiary alicyclic amines) is 1. The molecule has 1 fully saturated rings. The molecule has 7 heteroatoms. The topological polar surface area (TPSA) is 77.1 Å². The molecule has 0 aliphatic carbocycles. The van der Waals surface area contributed by atoms with Gasteiger partial charge in [0.2, 0.25) is 0 Å². The molecule has 1 atom stereocenters. The van der Waals surface area contributed by atoms with Crippen molar-refractivity contribution in [3.8, 4) is 0 Å². The van der Waals surface area contributed by atoms with E-state index in [1.807, 2.05) is 49.9 Å². The van der Waals surface area contributed by atoms with Crippen molar-refractivity contribution in [2.45, 2.75) is 52.1 Å². The van der Waals surface area contributed by atoms with Crippen LogP contribution in [0.25, 0.3) is 0 Å². The van der Waals surface area contributed by atoms with Crippen LogP contribution in [0.2, 0.25) is 0 Å². The zero-order valence-electron chi connectivity index (χ0n) is 16.7. The number of rotatable bonds is 4. The highest BCUT2D eigenvalue weighted by Gasteiger charge is 2.30. The van der Waals surface area contributed by atoms with E-state index in [2.05, 4.69) is 20.5 Å². The number of H-pyrrole nitrogens is 1. The fourth-order valence-electron chi connectivity index (χ4n) is 3.80. The summed E-state index contributed by atoms with van der Waals surface area (Å²) < 4.78 is 0. The van der Waals surface area contributed by atoms with Crippen LogP contribution in [0.15, 0.2) is 18.3 Å². The Labute approximate surface area is 161 Å². The Kier molecular flexibility index (Phi) is 5.98. The third kappa shape index (κ3) is 4.40. The molecule has 0 bridgehead atoms. The fourth-order valence-corrected chi connectivity index (χ4v) is 3.80. The molecule has 2 aromatic heterocycles. The number of hydrogen-bond donors (Lipinski definition) is 2. The van der Waals surface area contributed by atoms with Gasteiger partial charge in [0.25, 0.3) is 0 Å². The number of nitrogens with zero attached hydrogens (tertiary/aromatic N) is 4. The Bertz CT molecular complexity index is 765. The largest absolute Gasteiger partial charge is 0.363 e. The minimum Gasteiger partial charge on any atom is -0.363 e. The maximum atomic E-state index is 13.0. The maximum Gasteiger partial charge on any atom is 0.318 e. The van der Waals surface area contributed by atoms with Crippen molar-refractivity contribution in [1.29, 1.82) is 0 Å². The highest BCUT2D eigenvalue weighted by Crippen LogP contribution is 2.33. The summed E-state index contributed by atoms with van der Waals surface area (Å²) in [6, 6.07) is 4.02. The molecule has 3 rings (SSSR count). The average Bonchev–Trinajstić information content (AvgIpc) is 2.85. The van der Waals surface area contributed by atoms with E-state index in [1.54, 1.807) is 6.20 Å². The van der Waals surface area contributed by atoms with Gasteiger partial charge in [-0.15, -0.1) is 0 Å². The minimum atomic E-state index is -0.00915. The van der Waals surface area contributed by atoms with Gasteiger partial charge in [-0.2, -0.15) is 5.10 Å². The number of aromatic nitrogens is 3. The first-order valence-electron chi connectivity index (χ1n) is 9.65. The number of carbonyl (C=O) groups excluding carboxylic acids is 1. The fraction of sp³-hybridized carbons (Fsp3) is 0.550. The molecule has 7 nitrogen and oxygen atoms in total. The quantitative estimate of drug-likeness (QED) is 0.866. The van der Waals surface area contributed by atoms with Crippen molar-refractivity contribution in [2.75, 3.05) is 25.5 Å². The Morgan fingerprint density at radius 2 is 2.15 bits per heavy atom. The summed E-state index contributed by atoms with van der Waals surface area (Å²) in [6.45, 7) is 5.32. The smallest absolute Gasteiger partial charge is 0.318 e. The number of urea groups is 1. The third-order valence-corrected chi connectivity index (χ3v) is 5.24. The molecule has 2 N–H and O–H groups in total. The lowest BCUT2D eigenvalue weighted by Gasteiger charge is -2.30. The van der Waals surface area contributed by atoms with Crippen LogP contribution in [0.3, 0.4) is 0 Å². The Morgan fingerprint density at radius 1 is 1.33 bits per heavy atom. The van der Waals surface area contributed by atoms with Crippen LogP contribution in [0.4, 0.5) is 10.6 Å². The molecule has 1 unspecified atom stereocenters. The first-order valence-corrected chi connectivity index (χ1v) is 9.65. The first-order chi connectivity index (χ1) is 13.0. The molecule has 27 heavy (non-hydrogen) atoms. The van der Waals surface area contributed by atoms with Gasteiger partial charge >= 0.3 is 6.03 Å². The second-order valence-electron chi connectivity index (χ2n) is 7.48. The standard InChI is InChI=1S/C20H30N6O/c1-14-19(15(2)24-23-14)17-8-6-5-7-11-26(17)20(27)22-13-16-9-10-21-18(12-16)25(3)4/h9-10,12,17H,5-8,11,13H2,1-4H3,(H,22,27)(H,23,24). The molecule has 0 aromatic carbocycles. The van der Waals surface area contributed by atoms with E-state index >= 15 is 0 Å². The average molecular weight is 371 g/mol.